The van der Waals surface area contributed by atoms with Gasteiger partial charge in [0.2, 0.25) is 5.95 Å². The Morgan fingerprint density at radius 2 is 1.71 bits per heavy atom. The molecule has 0 aliphatic carbocycles. The van der Waals surface area contributed by atoms with E-state index in [1.165, 1.54) is 0 Å². The maximum absolute atomic E-state index is 12.8. The molecule has 7 heteroatoms. The van der Waals surface area contributed by atoms with Crippen molar-refractivity contribution in [2.45, 2.75) is 13.8 Å². The Bertz CT molecular complexity index is 1060. The summed E-state index contributed by atoms with van der Waals surface area (Å²) in [5, 5.41) is 3.33. The summed E-state index contributed by atoms with van der Waals surface area (Å²) in [5.74, 6) is 2.31. The van der Waals surface area contributed by atoms with Gasteiger partial charge in [0.15, 0.2) is 0 Å². The van der Waals surface area contributed by atoms with Crippen LogP contribution in [0.1, 0.15) is 21.6 Å². The van der Waals surface area contributed by atoms with Crippen molar-refractivity contribution in [3.8, 4) is 5.75 Å². The van der Waals surface area contributed by atoms with Crippen LogP contribution in [0.2, 0.25) is 0 Å². The topological polar surface area (TPSA) is 70.6 Å². The Morgan fingerprint density at radius 1 is 0.968 bits per heavy atom. The van der Waals surface area contributed by atoms with Crippen molar-refractivity contribution in [2.75, 3.05) is 43.5 Å². The fourth-order valence-corrected chi connectivity index (χ4v) is 3.65. The molecule has 1 aromatic heterocycles. The molecule has 0 spiro atoms. The van der Waals surface area contributed by atoms with Gasteiger partial charge in [0, 0.05) is 49.2 Å². The van der Waals surface area contributed by atoms with Crippen molar-refractivity contribution in [1.82, 2.24) is 14.9 Å². The van der Waals surface area contributed by atoms with Gasteiger partial charge in [-0.3, -0.25) is 4.79 Å². The van der Waals surface area contributed by atoms with Gasteiger partial charge in [0.25, 0.3) is 5.91 Å². The van der Waals surface area contributed by atoms with Crippen LogP contribution in [0.4, 0.5) is 17.5 Å². The van der Waals surface area contributed by atoms with Gasteiger partial charge in [0.05, 0.1) is 7.11 Å². The minimum absolute atomic E-state index is 0.0790. The number of carbonyl (C=O) groups excluding carboxylic acids is 1. The summed E-state index contributed by atoms with van der Waals surface area (Å²) in [5.41, 5.74) is 3.65. The van der Waals surface area contributed by atoms with Crippen molar-refractivity contribution >= 4 is 23.4 Å². The van der Waals surface area contributed by atoms with Crippen LogP contribution >= 0.6 is 0 Å². The number of aromatic nitrogens is 2. The summed E-state index contributed by atoms with van der Waals surface area (Å²) in [6.45, 7) is 6.64. The summed E-state index contributed by atoms with van der Waals surface area (Å²) >= 11 is 0. The van der Waals surface area contributed by atoms with E-state index in [4.69, 9.17) is 9.72 Å². The molecule has 0 unspecified atom stereocenters. The van der Waals surface area contributed by atoms with E-state index in [2.05, 4.69) is 15.2 Å². The average Bonchev–Trinajstić information content (AvgIpc) is 2.79. The molecule has 31 heavy (non-hydrogen) atoms. The summed E-state index contributed by atoms with van der Waals surface area (Å²) in [7, 11) is 1.65. The van der Waals surface area contributed by atoms with Gasteiger partial charge >= 0.3 is 0 Å². The van der Waals surface area contributed by atoms with Crippen molar-refractivity contribution in [2.24, 2.45) is 0 Å². The SMILES string of the molecule is COc1ccc(Nc2cc(C)nc(N3CCN(C(=O)c4cccc(C)c4)CC3)n2)cc1. The lowest BCUT2D eigenvalue weighted by atomic mass is 10.1. The highest BCUT2D eigenvalue weighted by Gasteiger charge is 2.24. The van der Waals surface area contributed by atoms with Crippen molar-refractivity contribution in [1.29, 1.82) is 0 Å². The Balaban J connectivity index is 1.42. The van der Waals surface area contributed by atoms with Crippen LogP contribution in [0.3, 0.4) is 0 Å². The highest BCUT2D eigenvalue weighted by Crippen LogP contribution is 2.22. The number of methoxy groups -OCH3 is 1. The van der Waals surface area contributed by atoms with E-state index in [9.17, 15) is 4.79 Å². The van der Waals surface area contributed by atoms with Crippen LogP contribution < -0.4 is 15.0 Å². The second kappa shape index (κ2) is 9.04. The molecule has 1 aliphatic rings. The van der Waals surface area contributed by atoms with Crippen molar-refractivity contribution < 1.29 is 9.53 Å². The summed E-state index contributed by atoms with van der Waals surface area (Å²) < 4.78 is 5.21. The van der Waals surface area contributed by atoms with Crippen LogP contribution in [-0.4, -0.2) is 54.1 Å². The van der Waals surface area contributed by atoms with Crippen LogP contribution in [0.25, 0.3) is 0 Å². The predicted octanol–water partition coefficient (Wildman–Crippen LogP) is 3.81. The molecule has 2 heterocycles. The van der Waals surface area contributed by atoms with Gasteiger partial charge in [-0.25, -0.2) is 4.98 Å². The summed E-state index contributed by atoms with van der Waals surface area (Å²) in [4.78, 5) is 26.2. The number of hydrogen-bond acceptors (Lipinski definition) is 6. The number of aryl methyl sites for hydroxylation is 2. The molecule has 7 nitrogen and oxygen atoms in total. The Hall–Kier alpha value is -3.61. The van der Waals surface area contributed by atoms with E-state index >= 15 is 0 Å². The van der Waals surface area contributed by atoms with Crippen LogP contribution in [0, 0.1) is 13.8 Å². The number of piperazine rings is 1. The lowest BCUT2D eigenvalue weighted by molar-refractivity contribution is 0.0746. The van der Waals surface area contributed by atoms with Gasteiger partial charge in [-0.2, -0.15) is 4.98 Å². The van der Waals surface area contributed by atoms with E-state index in [1.54, 1.807) is 7.11 Å². The molecule has 160 valence electrons. The molecule has 4 rings (SSSR count). The van der Waals surface area contributed by atoms with E-state index < -0.39 is 0 Å². The first-order chi connectivity index (χ1) is 15.0. The predicted molar refractivity (Wildman–Crippen MR) is 122 cm³/mol. The molecule has 0 bridgehead atoms. The largest absolute Gasteiger partial charge is 0.497 e. The molecule has 3 aromatic rings. The van der Waals surface area contributed by atoms with Crippen molar-refractivity contribution in [3.63, 3.8) is 0 Å². The van der Waals surface area contributed by atoms with Gasteiger partial charge in [-0.15, -0.1) is 0 Å². The molecule has 1 N–H and O–H groups in total. The first-order valence-electron chi connectivity index (χ1n) is 10.4. The molecule has 0 atom stereocenters. The molecule has 0 saturated carbocycles. The van der Waals surface area contributed by atoms with Crippen LogP contribution in [-0.2, 0) is 0 Å². The second-order valence-electron chi connectivity index (χ2n) is 7.70. The first kappa shape index (κ1) is 20.7. The van der Waals surface area contributed by atoms with E-state index in [1.807, 2.05) is 73.3 Å². The molecule has 2 aromatic carbocycles. The molecule has 1 fully saturated rings. The maximum atomic E-state index is 12.8. The molecule has 1 aliphatic heterocycles. The van der Waals surface area contributed by atoms with Crippen LogP contribution in [0.15, 0.2) is 54.6 Å². The average molecular weight is 418 g/mol. The monoisotopic (exact) mass is 417 g/mol. The number of carbonyl (C=O) groups is 1. The van der Waals surface area contributed by atoms with Gasteiger partial charge in [-0.1, -0.05) is 17.7 Å². The zero-order valence-electron chi connectivity index (χ0n) is 18.1. The highest BCUT2D eigenvalue weighted by molar-refractivity contribution is 5.94. The quantitative estimate of drug-likeness (QED) is 0.681. The molecule has 0 radical (unpaired) electrons. The second-order valence-corrected chi connectivity index (χ2v) is 7.70. The van der Waals surface area contributed by atoms with E-state index in [0.29, 0.717) is 32.1 Å². The Kier molecular flexibility index (Phi) is 6.02. The minimum Gasteiger partial charge on any atom is -0.497 e. The fraction of sp³-hybridized carbons (Fsp3) is 0.292. The van der Waals surface area contributed by atoms with Gasteiger partial charge in [-0.05, 0) is 50.2 Å². The standard InChI is InChI=1S/C24H27N5O2/c1-17-5-4-6-19(15-17)23(30)28-11-13-29(14-12-28)24-25-18(2)16-22(27-24)26-20-7-9-21(31-3)10-8-20/h4-10,15-16H,11-14H2,1-3H3,(H,25,26,27). The number of nitrogens with one attached hydrogen (secondary N) is 1. The number of benzene rings is 2. The Labute approximate surface area is 182 Å². The number of rotatable bonds is 5. The van der Waals surface area contributed by atoms with Crippen molar-refractivity contribution in [3.05, 3.63) is 71.4 Å². The molecule has 1 saturated heterocycles. The molecular weight excluding hydrogens is 390 g/mol. The van der Waals surface area contributed by atoms with Gasteiger partial charge in [0.1, 0.15) is 11.6 Å². The lowest BCUT2D eigenvalue weighted by Crippen LogP contribution is -2.49. The normalized spacial score (nSPS) is 13.8. The number of anilines is 3. The number of hydrogen-bond donors (Lipinski definition) is 1. The van der Waals surface area contributed by atoms with Gasteiger partial charge < -0.3 is 19.9 Å². The zero-order valence-corrected chi connectivity index (χ0v) is 18.1. The fourth-order valence-electron chi connectivity index (χ4n) is 3.65. The van der Waals surface area contributed by atoms with Crippen LogP contribution in [0.5, 0.6) is 5.75 Å². The molecule has 1 amide bonds. The number of nitrogens with zero attached hydrogens (tertiary/aromatic N) is 4. The minimum atomic E-state index is 0.0790. The Morgan fingerprint density at radius 3 is 2.39 bits per heavy atom. The van der Waals surface area contributed by atoms with E-state index in [0.717, 1.165) is 34.1 Å². The highest BCUT2D eigenvalue weighted by atomic mass is 16.5. The smallest absolute Gasteiger partial charge is 0.253 e. The number of amides is 1. The summed E-state index contributed by atoms with van der Waals surface area (Å²) in [6, 6.07) is 17.4. The van der Waals surface area contributed by atoms with E-state index in [-0.39, 0.29) is 5.91 Å². The third-order valence-corrected chi connectivity index (χ3v) is 5.32. The zero-order chi connectivity index (χ0) is 21.8. The third kappa shape index (κ3) is 4.94. The molecular formula is C24H27N5O2. The third-order valence-electron chi connectivity index (χ3n) is 5.32. The first-order valence-corrected chi connectivity index (χ1v) is 10.4. The lowest BCUT2D eigenvalue weighted by Gasteiger charge is -2.35. The number of ether oxygens (including phenoxy) is 1. The summed E-state index contributed by atoms with van der Waals surface area (Å²) in [6.07, 6.45) is 0. The maximum Gasteiger partial charge on any atom is 0.253 e.